The first-order valence-electron chi connectivity index (χ1n) is 8.26. The lowest BCUT2D eigenvalue weighted by Crippen LogP contribution is -2.42. The molecule has 0 aliphatic carbocycles. The summed E-state index contributed by atoms with van der Waals surface area (Å²) in [4.78, 5) is 2.18. The van der Waals surface area contributed by atoms with Crippen LogP contribution in [0.2, 0.25) is 5.02 Å². The minimum atomic E-state index is -0.550. The van der Waals surface area contributed by atoms with E-state index in [9.17, 15) is 5.11 Å². The van der Waals surface area contributed by atoms with Gasteiger partial charge in [0.2, 0.25) is 0 Å². The number of benzene rings is 1. The molecule has 24 heavy (non-hydrogen) atoms. The van der Waals surface area contributed by atoms with Crippen LogP contribution in [0.15, 0.2) is 18.2 Å². The molecule has 1 saturated heterocycles. The van der Waals surface area contributed by atoms with Gasteiger partial charge in [0.05, 0.1) is 13.2 Å². The molecule has 1 heterocycles. The van der Waals surface area contributed by atoms with E-state index in [1.807, 2.05) is 12.1 Å². The predicted octanol–water partition coefficient (Wildman–Crippen LogP) is 2.81. The Morgan fingerprint density at radius 3 is 2.67 bits per heavy atom. The van der Waals surface area contributed by atoms with Gasteiger partial charge in [-0.1, -0.05) is 23.4 Å². The highest BCUT2D eigenvalue weighted by molar-refractivity contribution is 6.30. The zero-order valence-electron chi connectivity index (χ0n) is 14.6. The number of hydrogen-bond donors (Lipinski definition) is 1. The molecule has 0 bridgehead atoms. The Hall–Kier alpha value is -1.25. The van der Waals surface area contributed by atoms with Crippen molar-refractivity contribution < 1.29 is 14.6 Å². The number of nitrogens with zero attached hydrogens (tertiary/aromatic N) is 1. The van der Waals surface area contributed by atoms with E-state index in [-0.39, 0.29) is 12.0 Å². The second kappa shape index (κ2) is 8.73. The fourth-order valence-corrected chi connectivity index (χ4v) is 2.53. The molecule has 5 heteroatoms. The van der Waals surface area contributed by atoms with Gasteiger partial charge in [0.25, 0.3) is 0 Å². The summed E-state index contributed by atoms with van der Waals surface area (Å²) in [5.74, 6) is 6.93. The molecule has 1 aromatic carbocycles. The molecule has 4 nitrogen and oxygen atoms in total. The zero-order chi connectivity index (χ0) is 17.6. The van der Waals surface area contributed by atoms with Crippen molar-refractivity contribution >= 4 is 11.6 Å². The molecule has 2 rings (SSSR count). The molecule has 1 aromatic rings. The SMILES string of the molecule is CC(C)(C)C#Cc1cc(Cl)cc(OCC(O)CN2CCOCC2)c1. The largest absolute Gasteiger partial charge is 0.491 e. The van der Waals surface area contributed by atoms with Crippen molar-refractivity contribution in [2.75, 3.05) is 39.5 Å². The minimum Gasteiger partial charge on any atom is -0.491 e. The third kappa shape index (κ3) is 7.11. The first kappa shape index (κ1) is 19.1. The van der Waals surface area contributed by atoms with Gasteiger partial charge in [-0.2, -0.15) is 0 Å². The van der Waals surface area contributed by atoms with Crippen molar-refractivity contribution in [3.8, 4) is 17.6 Å². The van der Waals surface area contributed by atoms with E-state index in [1.165, 1.54) is 0 Å². The van der Waals surface area contributed by atoms with Crippen LogP contribution in [0.3, 0.4) is 0 Å². The first-order valence-corrected chi connectivity index (χ1v) is 8.64. The smallest absolute Gasteiger partial charge is 0.122 e. The first-order chi connectivity index (χ1) is 11.3. The summed E-state index contributed by atoms with van der Waals surface area (Å²) in [6, 6.07) is 5.41. The molecule has 0 aromatic heterocycles. The molecule has 0 spiro atoms. The average Bonchev–Trinajstić information content (AvgIpc) is 2.51. The third-order valence-electron chi connectivity index (χ3n) is 3.47. The Morgan fingerprint density at radius 1 is 1.29 bits per heavy atom. The molecule has 0 radical (unpaired) electrons. The standard InChI is InChI=1S/C19H26ClNO3/c1-19(2,3)5-4-15-10-16(20)12-18(11-15)24-14-17(22)13-21-6-8-23-9-7-21/h10-12,17,22H,6-9,13-14H2,1-3H3. The summed E-state index contributed by atoms with van der Waals surface area (Å²) in [7, 11) is 0. The Morgan fingerprint density at radius 2 is 2.00 bits per heavy atom. The number of ether oxygens (including phenoxy) is 2. The molecule has 1 N–H and O–H groups in total. The second-order valence-corrected chi connectivity index (χ2v) is 7.49. The Bertz CT molecular complexity index is 595. The van der Waals surface area contributed by atoms with E-state index in [0.717, 1.165) is 31.9 Å². The van der Waals surface area contributed by atoms with Crippen molar-refractivity contribution in [1.82, 2.24) is 4.90 Å². The monoisotopic (exact) mass is 351 g/mol. The fourth-order valence-electron chi connectivity index (χ4n) is 2.30. The number of morpholine rings is 1. The van der Waals surface area contributed by atoms with Crippen molar-refractivity contribution in [1.29, 1.82) is 0 Å². The van der Waals surface area contributed by atoms with E-state index in [1.54, 1.807) is 6.07 Å². The molecule has 1 fully saturated rings. The minimum absolute atomic E-state index is 0.0717. The predicted molar refractivity (Wildman–Crippen MR) is 96.5 cm³/mol. The van der Waals surface area contributed by atoms with Crippen LogP contribution in [0.4, 0.5) is 0 Å². The summed E-state index contributed by atoms with van der Waals surface area (Å²) >= 11 is 6.14. The molecule has 132 valence electrons. The lowest BCUT2D eigenvalue weighted by Gasteiger charge is -2.28. The van der Waals surface area contributed by atoms with Gasteiger partial charge < -0.3 is 14.6 Å². The fraction of sp³-hybridized carbons (Fsp3) is 0.579. The van der Waals surface area contributed by atoms with Gasteiger partial charge in [-0.25, -0.2) is 0 Å². The summed E-state index contributed by atoms with van der Waals surface area (Å²) in [5.41, 5.74) is 0.743. The number of aliphatic hydroxyl groups is 1. The van der Waals surface area contributed by atoms with Gasteiger partial charge in [-0.3, -0.25) is 4.90 Å². The number of aliphatic hydroxyl groups excluding tert-OH is 1. The highest BCUT2D eigenvalue weighted by atomic mass is 35.5. The van der Waals surface area contributed by atoms with E-state index in [4.69, 9.17) is 21.1 Å². The lowest BCUT2D eigenvalue weighted by atomic mass is 9.97. The van der Waals surface area contributed by atoms with Crippen LogP contribution >= 0.6 is 11.6 Å². The van der Waals surface area contributed by atoms with E-state index < -0.39 is 6.10 Å². The van der Waals surface area contributed by atoms with Crippen LogP contribution < -0.4 is 4.74 Å². The third-order valence-corrected chi connectivity index (χ3v) is 3.69. The van der Waals surface area contributed by atoms with Gasteiger partial charge in [-0.05, 0) is 39.0 Å². The van der Waals surface area contributed by atoms with Gasteiger partial charge in [0, 0.05) is 35.6 Å². The van der Waals surface area contributed by atoms with Crippen LogP contribution in [-0.2, 0) is 4.74 Å². The lowest BCUT2D eigenvalue weighted by molar-refractivity contribution is 0.00465. The zero-order valence-corrected chi connectivity index (χ0v) is 15.4. The topological polar surface area (TPSA) is 41.9 Å². The maximum atomic E-state index is 10.1. The highest BCUT2D eigenvalue weighted by Crippen LogP contribution is 2.21. The number of halogens is 1. The quantitative estimate of drug-likeness (QED) is 0.828. The Balaban J connectivity index is 1.91. The van der Waals surface area contributed by atoms with E-state index >= 15 is 0 Å². The Kier molecular flexibility index (Phi) is 6.94. The van der Waals surface area contributed by atoms with Crippen molar-refractivity contribution in [2.24, 2.45) is 5.41 Å². The van der Waals surface area contributed by atoms with Crippen molar-refractivity contribution in [2.45, 2.75) is 26.9 Å². The molecule has 1 aliphatic heterocycles. The van der Waals surface area contributed by atoms with Crippen molar-refractivity contribution in [3.05, 3.63) is 28.8 Å². The summed E-state index contributed by atoms with van der Waals surface area (Å²) in [6.45, 7) is 10.1. The molecule has 1 aliphatic rings. The van der Waals surface area contributed by atoms with Crippen LogP contribution in [-0.4, -0.2) is 55.6 Å². The van der Waals surface area contributed by atoms with Crippen LogP contribution in [0.5, 0.6) is 5.75 Å². The normalized spacial score (nSPS) is 17.0. The molecular weight excluding hydrogens is 326 g/mol. The second-order valence-electron chi connectivity index (χ2n) is 7.05. The Labute approximate surface area is 149 Å². The van der Waals surface area contributed by atoms with Gasteiger partial charge in [0.15, 0.2) is 0 Å². The molecule has 0 saturated carbocycles. The van der Waals surface area contributed by atoms with E-state index in [2.05, 4.69) is 37.5 Å². The number of rotatable bonds is 5. The maximum absolute atomic E-state index is 10.1. The summed E-state index contributed by atoms with van der Waals surface area (Å²) < 4.78 is 11.0. The molecule has 0 amide bonds. The average molecular weight is 352 g/mol. The molecule has 1 atom stereocenters. The number of hydrogen-bond acceptors (Lipinski definition) is 4. The maximum Gasteiger partial charge on any atom is 0.122 e. The van der Waals surface area contributed by atoms with Gasteiger partial charge >= 0.3 is 0 Å². The van der Waals surface area contributed by atoms with Crippen LogP contribution in [0.1, 0.15) is 26.3 Å². The van der Waals surface area contributed by atoms with E-state index in [0.29, 0.717) is 17.3 Å². The summed E-state index contributed by atoms with van der Waals surface area (Å²) in [6.07, 6.45) is -0.550. The molecule has 1 unspecified atom stereocenters. The van der Waals surface area contributed by atoms with Gasteiger partial charge in [-0.15, -0.1) is 0 Å². The van der Waals surface area contributed by atoms with Crippen LogP contribution in [0, 0.1) is 17.3 Å². The van der Waals surface area contributed by atoms with Crippen molar-refractivity contribution in [3.63, 3.8) is 0 Å². The summed E-state index contributed by atoms with van der Waals surface area (Å²) in [5, 5.41) is 10.7. The van der Waals surface area contributed by atoms with Gasteiger partial charge in [0.1, 0.15) is 18.5 Å². The van der Waals surface area contributed by atoms with Crippen LogP contribution in [0.25, 0.3) is 0 Å². The highest BCUT2D eigenvalue weighted by Gasteiger charge is 2.15. The molecular formula is C19H26ClNO3. The number of β-amino-alcohol motifs (C(OH)–C–C–N with tert-alkyl or cyclic N) is 1.